The molecule has 2 heterocycles. The highest BCUT2D eigenvalue weighted by Gasteiger charge is 2.09. The molecule has 0 radical (unpaired) electrons. The summed E-state index contributed by atoms with van der Waals surface area (Å²) in [7, 11) is 1.94. The maximum absolute atomic E-state index is 5.33. The Balaban J connectivity index is 2.16. The Morgan fingerprint density at radius 2 is 2.00 bits per heavy atom. The zero-order chi connectivity index (χ0) is 14.0. The molecule has 0 fully saturated rings. The molecule has 0 spiro atoms. The monoisotopic (exact) mass is 261 g/mol. The molecule has 7 nitrogen and oxygen atoms in total. The molecule has 0 bridgehead atoms. The van der Waals surface area contributed by atoms with E-state index in [0.29, 0.717) is 12.5 Å². The van der Waals surface area contributed by atoms with Crippen molar-refractivity contribution in [1.82, 2.24) is 19.7 Å². The van der Waals surface area contributed by atoms with Crippen molar-refractivity contribution in [3.05, 3.63) is 28.7 Å². The maximum atomic E-state index is 5.33. The van der Waals surface area contributed by atoms with Crippen LogP contribution in [0.15, 0.2) is 6.07 Å². The van der Waals surface area contributed by atoms with Crippen LogP contribution in [0.1, 0.15) is 22.6 Å². The summed E-state index contributed by atoms with van der Waals surface area (Å²) >= 11 is 0. The summed E-state index contributed by atoms with van der Waals surface area (Å²) in [6.45, 7) is 6.62. The average molecular weight is 261 g/mol. The van der Waals surface area contributed by atoms with E-state index in [-0.39, 0.29) is 0 Å². The predicted octanol–water partition coefficient (Wildman–Crippen LogP) is 1.03. The molecule has 7 heteroatoms. The van der Waals surface area contributed by atoms with Crippen LogP contribution in [0.4, 0.5) is 11.8 Å². The standard InChI is InChI=1S/C12H19N7/c1-7-5-11(16-12(15-7)17-13)14-6-10-8(2)18-19(4)9(10)3/h5H,6,13H2,1-4H3,(H2,14,15,16,17). The van der Waals surface area contributed by atoms with Crippen LogP contribution in [0.2, 0.25) is 0 Å². The van der Waals surface area contributed by atoms with Gasteiger partial charge in [-0.05, 0) is 20.8 Å². The quantitative estimate of drug-likeness (QED) is 0.562. The summed E-state index contributed by atoms with van der Waals surface area (Å²) in [6.07, 6.45) is 0. The molecule has 19 heavy (non-hydrogen) atoms. The summed E-state index contributed by atoms with van der Waals surface area (Å²) in [4.78, 5) is 8.39. The average Bonchev–Trinajstić information content (AvgIpc) is 2.60. The van der Waals surface area contributed by atoms with E-state index in [0.717, 1.165) is 22.9 Å². The molecule has 0 aromatic carbocycles. The van der Waals surface area contributed by atoms with E-state index in [1.807, 2.05) is 31.6 Å². The van der Waals surface area contributed by atoms with Crippen LogP contribution in [0.3, 0.4) is 0 Å². The first-order chi connectivity index (χ1) is 9.01. The van der Waals surface area contributed by atoms with E-state index in [1.165, 1.54) is 5.56 Å². The van der Waals surface area contributed by atoms with E-state index in [4.69, 9.17) is 5.84 Å². The minimum atomic E-state index is 0.405. The fourth-order valence-corrected chi connectivity index (χ4v) is 1.98. The van der Waals surface area contributed by atoms with Gasteiger partial charge < -0.3 is 5.32 Å². The van der Waals surface area contributed by atoms with Crippen molar-refractivity contribution in [2.45, 2.75) is 27.3 Å². The number of rotatable bonds is 4. The molecule has 0 aliphatic heterocycles. The number of anilines is 2. The second-order valence-electron chi connectivity index (χ2n) is 4.49. The van der Waals surface area contributed by atoms with E-state index < -0.39 is 0 Å². The van der Waals surface area contributed by atoms with E-state index in [9.17, 15) is 0 Å². The van der Waals surface area contributed by atoms with Crippen LogP contribution >= 0.6 is 0 Å². The summed E-state index contributed by atoms with van der Waals surface area (Å²) in [5.41, 5.74) is 6.66. The molecule has 2 rings (SSSR count). The van der Waals surface area contributed by atoms with Gasteiger partial charge in [0.25, 0.3) is 0 Å². The number of nitrogen functional groups attached to an aromatic ring is 1. The number of hydrogen-bond donors (Lipinski definition) is 3. The number of nitrogens with one attached hydrogen (secondary N) is 2. The fraction of sp³-hybridized carbons (Fsp3) is 0.417. The Bertz CT molecular complexity index is 588. The number of aromatic nitrogens is 4. The third-order valence-electron chi connectivity index (χ3n) is 3.09. The molecule has 4 N–H and O–H groups in total. The van der Waals surface area contributed by atoms with Crippen LogP contribution in [-0.2, 0) is 13.6 Å². The van der Waals surface area contributed by atoms with Gasteiger partial charge in [-0.3, -0.25) is 10.1 Å². The molecule has 0 saturated heterocycles. The first kappa shape index (κ1) is 13.3. The SMILES string of the molecule is Cc1cc(NCc2c(C)nn(C)c2C)nc(NN)n1. The summed E-state index contributed by atoms with van der Waals surface area (Å²) < 4.78 is 1.88. The Kier molecular flexibility index (Phi) is 3.66. The lowest BCUT2D eigenvalue weighted by Gasteiger charge is -2.08. The molecule has 0 aliphatic carbocycles. The van der Waals surface area contributed by atoms with Crippen molar-refractivity contribution in [2.75, 3.05) is 10.7 Å². The summed E-state index contributed by atoms with van der Waals surface area (Å²) in [6, 6.07) is 1.88. The van der Waals surface area contributed by atoms with Crippen molar-refractivity contribution in [3.8, 4) is 0 Å². The number of aryl methyl sites for hydroxylation is 3. The van der Waals surface area contributed by atoms with E-state index >= 15 is 0 Å². The van der Waals surface area contributed by atoms with Gasteiger partial charge in [0.15, 0.2) is 0 Å². The van der Waals surface area contributed by atoms with E-state index in [1.54, 1.807) is 0 Å². The van der Waals surface area contributed by atoms with Crippen molar-refractivity contribution in [3.63, 3.8) is 0 Å². The van der Waals surface area contributed by atoms with Gasteiger partial charge in [-0.15, -0.1) is 0 Å². The minimum Gasteiger partial charge on any atom is -0.366 e. The Morgan fingerprint density at radius 3 is 2.58 bits per heavy atom. The summed E-state index contributed by atoms with van der Waals surface area (Å²) in [5.74, 6) is 6.47. The van der Waals surface area contributed by atoms with Crippen molar-refractivity contribution in [2.24, 2.45) is 12.9 Å². The molecule has 0 amide bonds. The van der Waals surface area contributed by atoms with Gasteiger partial charge in [-0.1, -0.05) is 0 Å². The first-order valence-corrected chi connectivity index (χ1v) is 6.06. The van der Waals surface area contributed by atoms with Gasteiger partial charge >= 0.3 is 0 Å². The molecule has 0 saturated carbocycles. The van der Waals surface area contributed by atoms with E-state index in [2.05, 4.69) is 32.7 Å². The maximum Gasteiger partial charge on any atom is 0.239 e. The van der Waals surface area contributed by atoms with Gasteiger partial charge in [-0.2, -0.15) is 10.1 Å². The molecule has 2 aromatic rings. The van der Waals surface area contributed by atoms with Gasteiger partial charge in [0.1, 0.15) is 5.82 Å². The number of hydrazine groups is 1. The van der Waals surface area contributed by atoms with Gasteiger partial charge in [0.05, 0.1) is 5.69 Å². The van der Waals surface area contributed by atoms with Crippen LogP contribution in [0.25, 0.3) is 0 Å². The second-order valence-corrected chi connectivity index (χ2v) is 4.49. The second kappa shape index (κ2) is 5.23. The molecular formula is C12H19N7. The third kappa shape index (κ3) is 2.82. The molecular weight excluding hydrogens is 242 g/mol. The van der Waals surface area contributed by atoms with Gasteiger partial charge in [0.2, 0.25) is 5.95 Å². The highest BCUT2D eigenvalue weighted by atomic mass is 15.3. The molecule has 0 aliphatic rings. The zero-order valence-corrected chi connectivity index (χ0v) is 11.7. The number of nitrogens with two attached hydrogens (primary N) is 1. The van der Waals surface area contributed by atoms with Gasteiger partial charge in [-0.25, -0.2) is 10.8 Å². The smallest absolute Gasteiger partial charge is 0.239 e. The van der Waals surface area contributed by atoms with Crippen molar-refractivity contribution >= 4 is 11.8 Å². The van der Waals surface area contributed by atoms with Crippen molar-refractivity contribution < 1.29 is 0 Å². The first-order valence-electron chi connectivity index (χ1n) is 6.06. The molecule has 2 aromatic heterocycles. The third-order valence-corrected chi connectivity index (χ3v) is 3.09. The Morgan fingerprint density at radius 1 is 1.26 bits per heavy atom. The van der Waals surface area contributed by atoms with Gasteiger partial charge in [0, 0.05) is 36.6 Å². The lowest BCUT2D eigenvalue weighted by molar-refractivity contribution is 0.730. The Hall–Kier alpha value is -2.15. The number of hydrogen-bond acceptors (Lipinski definition) is 6. The molecule has 102 valence electrons. The normalized spacial score (nSPS) is 10.6. The van der Waals surface area contributed by atoms with Crippen LogP contribution in [0, 0.1) is 20.8 Å². The molecule has 0 atom stereocenters. The van der Waals surface area contributed by atoms with Crippen LogP contribution < -0.4 is 16.6 Å². The zero-order valence-electron chi connectivity index (χ0n) is 11.7. The minimum absolute atomic E-state index is 0.405. The lowest BCUT2D eigenvalue weighted by Crippen LogP contribution is -2.13. The topological polar surface area (TPSA) is 93.7 Å². The van der Waals surface area contributed by atoms with Crippen molar-refractivity contribution in [1.29, 1.82) is 0 Å². The fourth-order valence-electron chi connectivity index (χ4n) is 1.98. The molecule has 0 unspecified atom stereocenters. The summed E-state index contributed by atoms with van der Waals surface area (Å²) in [5, 5.41) is 7.66. The highest BCUT2D eigenvalue weighted by Crippen LogP contribution is 2.15. The highest BCUT2D eigenvalue weighted by molar-refractivity contribution is 5.42. The number of nitrogens with zero attached hydrogens (tertiary/aromatic N) is 4. The predicted molar refractivity (Wildman–Crippen MR) is 74.6 cm³/mol. The Labute approximate surface area is 112 Å². The van der Waals surface area contributed by atoms with Crippen LogP contribution in [-0.4, -0.2) is 19.7 Å². The lowest BCUT2D eigenvalue weighted by atomic mass is 10.2. The largest absolute Gasteiger partial charge is 0.366 e. The van der Waals surface area contributed by atoms with Crippen LogP contribution in [0.5, 0.6) is 0 Å².